The first-order chi connectivity index (χ1) is 15.6. The van der Waals surface area contributed by atoms with Crippen LogP contribution in [0, 0.1) is 6.92 Å². The van der Waals surface area contributed by atoms with E-state index in [1.54, 1.807) is 18.2 Å². The van der Waals surface area contributed by atoms with Crippen molar-refractivity contribution < 1.29 is 14.3 Å². The van der Waals surface area contributed by atoms with Gasteiger partial charge in [-0.05, 0) is 42.3 Å². The lowest BCUT2D eigenvalue weighted by molar-refractivity contribution is -0.115. The molecule has 2 aliphatic rings. The van der Waals surface area contributed by atoms with Gasteiger partial charge in [-0.15, -0.1) is 10.2 Å². The van der Waals surface area contributed by atoms with Crippen LogP contribution in [0.15, 0.2) is 47.6 Å². The van der Waals surface area contributed by atoms with E-state index in [1.165, 1.54) is 11.8 Å². The highest BCUT2D eigenvalue weighted by molar-refractivity contribution is 7.99. The largest absolute Gasteiger partial charge is 0.378 e. The minimum absolute atomic E-state index is 0.00981. The maximum atomic E-state index is 12.9. The maximum absolute atomic E-state index is 12.9. The molecular weight excluding hydrogens is 426 g/mol. The first-order valence-corrected chi connectivity index (χ1v) is 11.5. The molecule has 0 atom stereocenters. The summed E-state index contributed by atoms with van der Waals surface area (Å²) >= 11 is 1.37. The second-order valence-electron chi connectivity index (χ2n) is 7.81. The van der Waals surface area contributed by atoms with Gasteiger partial charge in [-0.25, -0.2) is 0 Å². The Balaban J connectivity index is 1.41. The molecule has 32 heavy (non-hydrogen) atoms. The molecule has 0 saturated carbocycles. The molecule has 1 N–H and O–H groups in total. The van der Waals surface area contributed by atoms with Gasteiger partial charge in [-0.2, -0.15) is 0 Å². The van der Waals surface area contributed by atoms with Crippen LogP contribution < -0.4 is 10.2 Å². The summed E-state index contributed by atoms with van der Waals surface area (Å²) in [5.41, 5.74) is 4.35. The Hall–Kier alpha value is -3.17. The summed E-state index contributed by atoms with van der Waals surface area (Å²) in [6.07, 6.45) is 0.314. The van der Waals surface area contributed by atoms with E-state index >= 15 is 0 Å². The maximum Gasteiger partial charge on any atom is 0.232 e. The number of carbonyl (C=O) groups excluding carboxylic acids is 2. The summed E-state index contributed by atoms with van der Waals surface area (Å²) in [6.45, 7) is 4.84. The van der Waals surface area contributed by atoms with E-state index < -0.39 is 0 Å². The Kier molecular flexibility index (Phi) is 5.67. The molecule has 2 aliphatic heterocycles. The third-order valence-corrected chi connectivity index (χ3v) is 6.58. The SMILES string of the molecule is Cc1ccccc1-n1c(SCC(=O)c2ccc3c(c2)CC(=O)N3)nnc1N1CCOCC1. The number of rotatable bonds is 6. The van der Waals surface area contributed by atoms with Crippen molar-refractivity contribution in [1.82, 2.24) is 14.8 Å². The summed E-state index contributed by atoms with van der Waals surface area (Å²) < 4.78 is 7.52. The summed E-state index contributed by atoms with van der Waals surface area (Å²) in [7, 11) is 0. The first-order valence-electron chi connectivity index (χ1n) is 10.5. The summed E-state index contributed by atoms with van der Waals surface area (Å²) in [4.78, 5) is 26.7. The number of aromatic nitrogens is 3. The standard InChI is InChI=1S/C23H23N5O3S/c1-15-4-2-3-5-19(15)28-22(27-8-10-31-11-9-27)25-26-23(28)32-14-20(29)16-6-7-18-17(12-16)13-21(30)24-18/h2-7,12H,8-11,13-14H2,1H3,(H,24,30). The average Bonchev–Trinajstić information content (AvgIpc) is 3.40. The lowest BCUT2D eigenvalue weighted by atomic mass is 10.1. The van der Waals surface area contributed by atoms with Crippen molar-refractivity contribution in [2.45, 2.75) is 18.5 Å². The molecule has 0 radical (unpaired) electrons. The minimum Gasteiger partial charge on any atom is -0.378 e. The smallest absolute Gasteiger partial charge is 0.232 e. The van der Waals surface area contributed by atoms with Crippen LogP contribution in [0.25, 0.3) is 5.69 Å². The molecule has 0 spiro atoms. The number of nitrogens with one attached hydrogen (secondary N) is 1. The number of hydrogen-bond donors (Lipinski definition) is 1. The van der Waals surface area contributed by atoms with Crippen molar-refractivity contribution in [2.24, 2.45) is 0 Å². The highest BCUT2D eigenvalue weighted by Gasteiger charge is 2.24. The quantitative estimate of drug-likeness (QED) is 0.457. The van der Waals surface area contributed by atoms with E-state index in [2.05, 4.69) is 33.4 Å². The van der Waals surface area contributed by atoms with E-state index in [0.717, 1.165) is 41.5 Å². The fourth-order valence-electron chi connectivity index (χ4n) is 3.97. The van der Waals surface area contributed by atoms with Crippen molar-refractivity contribution in [3.63, 3.8) is 0 Å². The molecule has 1 fully saturated rings. The molecule has 8 nitrogen and oxygen atoms in total. The van der Waals surface area contributed by atoms with Crippen LogP contribution in [0.4, 0.5) is 11.6 Å². The molecule has 1 saturated heterocycles. The molecule has 1 amide bonds. The first kappa shape index (κ1) is 20.7. The Morgan fingerprint density at radius 3 is 2.78 bits per heavy atom. The number of fused-ring (bicyclic) bond motifs is 1. The zero-order valence-corrected chi connectivity index (χ0v) is 18.5. The number of aryl methyl sites for hydroxylation is 1. The number of benzene rings is 2. The summed E-state index contributed by atoms with van der Waals surface area (Å²) in [6, 6.07) is 13.5. The molecular formula is C23H23N5O3S. The molecule has 3 heterocycles. The van der Waals surface area contributed by atoms with Gasteiger partial charge >= 0.3 is 0 Å². The average molecular weight is 450 g/mol. The lowest BCUT2D eigenvalue weighted by Crippen LogP contribution is -2.38. The number of nitrogens with zero attached hydrogens (tertiary/aromatic N) is 4. The normalized spacial score (nSPS) is 15.5. The van der Waals surface area contributed by atoms with Crippen LogP contribution in [-0.4, -0.2) is 58.5 Å². The summed E-state index contributed by atoms with van der Waals surface area (Å²) in [5.74, 6) is 0.942. The highest BCUT2D eigenvalue weighted by Crippen LogP contribution is 2.30. The second-order valence-corrected chi connectivity index (χ2v) is 8.76. The number of ketones is 1. The van der Waals surface area contributed by atoms with Crippen LogP contribution >= 0.6 is 11.8 Å². The molecule has 0 aliphatic carbocycles. The topological polar surface area (TPSA) is 89.3 Å². The van der Waals surface area contributed by atoms with E-state index in [-0.39, 0.29) is 17.4 Å². The van der Waals surface area contributed by atoms with Crippen molar-refractivity contribution >= 4 is 35.1 Å². The molecule has 1 aromatic heterocycles. The molecule has 9 heteroatoms. The second kappa shape index (κ2) is 8.76. The zero-order chi connectivity index (χ0) is 22.1. The number of thioether (sulfide) groups is 1. The van der Waals surface area contributed by atoms with Gasteiger partial charge in [-0.1, -0.05) is 30.0 Å². The number of Topliss-reactive ketones (excluding diaryl/α,β-unsaturated/α-hetero) is 1. The van der Waals surface area contributed by atoms with Gasteiger partial charge in [0.15, 0.2) is 10.9 Å². The molecule has 0 bridgehead atoms. The van der Waals surface area contributed by atoms with Gasteiger partial charge in [0.2, 0.25) is 11.9 Å². The van der Waals surface area contributed by atoms with Crippen molar-refractivity contribution in [1.29, 1.82) is 0 Å². The lowest BCUT2D eigenvalue weighted by Gasteiger charge is -2.28. The molecule has 0 unspecified atom stereocenters. The number of morpholine rings is 1. The number of para-hydroxylation sites is 1. The van der Waals surface area contributed by atoms with Gasteiger partial charge in [0, 0.05) is 24.3 Å². The molecule has 164 valence electrons. The Labute approximate surface area is 190 Å². The number of ether oxygens (including phenoxy) is 1. The number of amides is 1. The fraction of sp³-hybridized carbons (Fsp3) is 0.304. The van der Waals surface area contributed by atoms with E-state index in [0.29, 0.717) is 30.4 Å². The van der Waals surface area contributed by atoms with Gasteiger partial charge < -0.3 is 15.0 Å². The molecule has 5 rings (SSSR count). The van der Waals surface area contributed by atoms with Crippen molar-refractivity contribution in [2.75, 3.05) is 42.3 Å². The van der Waals surface area contributed by atoms with Crippen LogP contribution in [-0.2, 0) is 16.0 Å². The predicted molar refractivity (Wildman–Crippen MR) is 123 cm³/mol. The van der Waals surface area contributed by atoms with Gasteiger partial charge in [0.05, 0.1) is 31.1 Å². The van der Waals surface area contributed by atoms with Gasteiger partial charge in [-0.3, -0.25) is 14.2 Å². The van der Waals surface area contributed by atoms with Crippen LogP contribution in [0.3, 0.4) is 0 Å². The van der Waals surface area contributed by atoms with E-state index in [4.69, 9.17) is 4.74 Å². The van der Waals surface area contributed by atoms with E-state index in [9.17, 15) is 9.59 Å². The third-order valence-electron chi connectivity index (χ3n) is 5.65. The monoisotopic (exact) mass is 449 g/mol. The van der Waals surface area contributed by atoms with Crippen molar-refractivity contribution in [3.8, 4) is 5.69 Å². The zero-order valence-electron chi connectivity index (χ0n) is 17.7. The van der Waals surface area contributed by atoms with E-state index in [1.807, 2.05) is 22.8 Å². The Morgan fingerprint density at radius 2 is 1.97 bits per heavy atom. The van der Waals surface area contributed by atoms with Crippen LogP contribution in [0.1, 0.15) is 21.5 Å². The molecule has 2 aromatic carbocycles. The highest BCUT2D eigenvalue weighted by atomic mass is 32.2. The fourth-order valence-corrected chi connectivity index (χ4v) is 4.80. The van der Waals surface area contributed by atoms with Gasteiger partial charge in [0.25, 0.3) is 0 Å². The number of hydrogen-bond acceptors (Lipinski definition) is 7. The van der Waals surface area contributed by atoms with Crippen LogP contribution in [0.5, 0.6) is 0 Å². The third kappa shape index (κ3) is 4.01. The minimum atomic E-state index is -0.0408. The summed E-state index contributed by atoms with van der Waals surface area (Å²) in [5, 5.41) is 12.4. The Bertz CT molecular complexity index is 1190. The Morgan fingerprint density at radius 1 is 1.16 bits per heavy atom. The number of anilines is 2. The number of carbonyl (C=O) groups is 2. The van der Waals surface area contributed by atoms with Crippen LogP contribution in [0.2, 0.25) is 0 Å². The van der Waals surface area contributed by atoms with Crippen molar-refractivity contribution in [3.05, 3.63) is 59.2 Å². The predicted octanol–water partition coefficient (Wildman–Crippen LogP) is 2.88. The van der Waals surface area contributed by atoms with Gasteiger partial charge in [0.1, 0.15) is 0 Å². The molecule has 3 aromatic rings.